The third-order valence-electron chi connectivity index (χ3n) is 4.12. The normalized spacial score (nSPS) is 22.9. The first-order valence-electron chi connectivity index (χ1n) is 6.85. The summed E-state index contributed by atoms with van der Waals surface area (Å²) in [6.45, 7) is 5.56. The van der Waals surface area contributed by atoms with Crippen LogP contribution < -0.4 is 0 Å². The van der Waals surface area contributed by atoms with E-state index in [1.54, 1.807) is 18.9 Å². The molecule has 0 aliphatic carbocycles. The summed E-state index contributed by atoms with van der Waals surface area (Å²) < 4.78 is 1.39. The first-order chi connectivity index (χ1) is 9.34. The van der Waals surface area contributed by atoms with E-state index in [4.69, 9.17) is 0 Å². The number of carbonyl (C=O) groups is 1. The van der Waals surface area contributed by atoms with Crippen molar-refractivity contribution in [1.29, 1.82) is 0 Å². The molecule has 2 atom stereocenters. The second-order valence-corrected chi connectivity index (χ2v) is 5.50. The Balaban J connectivity index is 2.43. The molecule has 1 aromatic rings. The molecule has 2 rings (SSSR count). The first-order valence-corrected chi connectivity index (χ1v) is 6.85. The smallest absolute Gasteiger partial charge is 0.322 e. The van der Waals surface area contributed by atoms with E-state index in [-0.39, 0.29) is 29.4 Å². The van der Waals surface area contributed by atoms with Crippen molar-refractivity contribution in [3.63, 3.8) is 0 Å². The van der Waals surface area contributed by atoms with Crippen LogP contribution in [0.4, 0.5) is 5.69 Å². The number of aromatic nitrogens is 2. The van der Waals surface area contributed by atoms with Crippen LogP contribution in [-0.4, -0.2) is 37.6 Å². The third kappa shape index (κ3) is 2.28. The summed E-state index contributed by atoms with van der Waals surface area (Å²) in [6, 6.07) is 0.182. The molecule has 7 heteroatoms. The van der Waals surface area contributed by atoms with E-state index in [1.807, 2.05) is 13.8 Å². The van der Waals surface area contributed by atoms with Gasteiger partial charge in [-0.25, -0.2) is 0 Å². The highest BCUT2D eigenvalue weighted by Gasteiger charge is 2.36. The fourth-order valence-corrected chi connectivity index (χ4v) is 2.90. The predicted molar refractivity (Wildman–Crippen MR) is 73.5 cm³/mol. The number of hydrogen-bond acceptors (Lipinski definition) is 4. The number of likely N-dealkylation sites (tertiary alicyclic amines) is 1. The summed E-state index contributed by atoms with van der Waals surface area (Å²) in [5, 5.41) is 15.2. The van der Waals surface area contributed by atoms with Crippen molar-refractivity contribution < 1.29 is 9.72 Å². The highest BCUT2D eigenvalue weighted by Crippen LogP contribution is 2.28. The van der Waals surface area contributed by atoms with Crippen LogP contribution in [0.25, 0.3) is 0 Å². The van der Waals surface area contributed by atoms with Gasteiger partial charge in [-0.05, 0) is 40.0 Å². The van der Waals surface area contributed by atoms with Gasteiger partial charge in [-0.15, -0.1) is 0 Å². The third-order valence-corrected chi connectivity index (χ3v) is 4.12. The van der Waals surface area contributed by atoms with E-state index in [1.165, 1.54) is 4.68 Å². The molecule has 110 valence electrons. The van der Waals surface area contributed by atoms with Crippen molar-refractivity contribution in [2.45, 2.75) is 52.1 Å². The van der Waals surface area contributed by atoms with Crippen LogP contribution in [0.3, 0.4) is 0 Å². The number of aryl methyl sites for hydroxylation is 1. The zero-order chi connectivity index (χ0) is 15.0. The van der Waals surface area contributed by atoms with Gasteiger partial charge in [0.25, 0.3) is 5.91 Å². The molecule has 0 spiro atoms. The van der Waals surface area contributed by atoms with Gasteiger partial charge in [0.1, 0.15) is 5.69 Å². The molecule has 0 radical (unpaired) electrons. The molecule has 0 unspecified atom stereocenters. The quantitative estimate of drug-likeness (QED) is 0.613. The Morgan fingerprint density at radius 2 is 1.90 bits per heavy atom. The van der Waals surface area contributed by atoms with E-state index in [0.717, 1.165) is 19.3 Å². The zero-order valence-corrected chi connectivity index (χ0v) is 12.3. The summed E-state index contributed by atoms with van der Waals surface area (Å²) in [4.78, 5) is 25.1. The Labute approximate surface area is 117 Å². The lowest BCUT2D eigenvalue weighted by molar-refractivity contribution is -0.385. The van der Waals surface area contributed by atoms with Crippen molar-refractivity contribution >= 4 is 11.6 Å². The number of carbonyl (C=O) groups excluding carboxylic acids is 1. The van der Waals surface area contributed by atoms with Gasteiger partial charge >= 0.3 is 5.69 Å². The number of nitrogens with zero attached hydrogens (tertiary/aromatic N) is 4. The van der Waals surface area contributed by atoms with E-state index >= 15 is 0 Å². The van der Waals surface area contributed by atoms with Gasteiger partial charge in [-0.3, -0.25) is 19.6 Å². The van der Waals surface area contributed by atoms with E-state index in [2.05, 4.69) is 5.10 Å². The number of amides is 1. The number of piperidine rings is 1. The van der Waals surface area contributed by atoms with Gasteiger partial charge in [-0.2, -0.15) is 5.10 Å². The van der Waals surface area contributed by atoms with E-state index < -0.39 is 4.92 Å². The molecule has 1 fully saturated rings. The Bertz CT molecular complexity index is 542. The molecule has 20 heavy (non-hydrogen) atoms. The summed E-state index contributed by atoms with van der Waals surface area (Å²) >= 11 is 0. The van der Waals surface area contributed by atoms with Crippen LogP contribution in [0.1, 0.15) is 49.3 Å². The van der Waals surface area contributed by atoms with Gasteiger partial charge in [0, 0.05) is 19.1 Å². The number of hydrogen-bond donors (Lipinski definition) is 0. The maximum atomic E-state index is 12.7. The lowest BCUT2D eigenvalue weighted by Crippen LogP contribution is -2.47. The highest BCUT2D eigenvalue weighted by molar-refractivity contribution is 5.97. The molecule has 1 aliphatic rings. The molecule has 1 amide bonds. The predicted octanol–water partition coefficient (Wildman–Crippen LogP) is 2.04. The van der Waals surface area contributed by atoms with E-state index in [9.17, 15) is 14.9 Å². The molecule has 0 bridgehead atoms. The summed E-state index contributed by atoms with van der Waals surface area (Å²) in [5.74, 6) is -0.333. The lowest BCUT2D eigenvalue weighted by Gasteiger charge is -2.38. The van der Waals surface area contributed by atoms with Crippen LogP contribution in [0.5, 0.6) is 0 Å². The largest absolute Gasteiger partial charge is 0.332 e. The fraction of sp³-hybridized carbons (Fsp3) is 0.692. The van der Waals surface area contributed by atoms with Crippen LogP contribution in [0, 0.1) is 17.0 Å². The second kappa shape index (κ2) is 5.22. The van der Waals surface area contributed by atoms with E-state index in [0.29, 0.717) is 5.69 Å². The van der Waals surface area contributed by atoms with Crippen LogP contribution in [0.15, 0.2) is 0 Å². The average Bonchev–Trinajstić information content (AvgIpc) is 2.65. The fourth-order valence-electron chi connectivity index (χ4n) is 2.90. The minimum Gasteiger partial charge on any atom is -0.332 e. The highest BCUT2D eigenvalue weighted by atomic mass is 16.6. The molecule has 1 aliphatic heterocycles. The standard InChI is InChI=1S/C13H20N4O3/c1-8-6-5-7-9(2)16(8)13(18)11-12(17(19)20)10(3)15(4)14-11/h8-9H,5-7H2,1-4H3/t8-,9-/m0/s1. The van der Waals surface area contributed by atoms with Crippen LogP contribution in [0.2, 0.25) is 0 Å². The Morgan fingerprint density at radius 3 is 2.40 bits per heavy atom. The van der Waals surface area contributed by atoms with Gasteiger partial charge < -0.3 is 4.90 Å². The summed E-state index contributed by atoms with van der Waals surface area (Å²) in [7, 11) is 1.61. The Morgan fingerprint density at radius 1 is 1.35 bits per heavy atom. The molecule has 0 N–H and O–H groups in total. The average molecular weight is 280 g/mol. The minimum atomic E-state index is -0.519. The topological polar surface area (TPSA) is 81.3 Å². The number of nitro groups is 1. The van der Waals surface area contributed by atoms with Crippen molar-refractivity contribution in [1.82, 2.24) is 14.7 Å². The summed E-state index contributed by atoms with van der Waals surface area (Å²) in [6.07, 6.45) is 2.93. The Kier molecular flexibility index (Phi) is 3.78. The monoisotopic (exact) mass is 280 g/mol. The maximum absolute atomic E-state index is 12.7. The molecule has 0 saturated carbocycles. The lowest BCUT2D eigenvalue weighted by atomic mass is 9.97. The van der Waals surface area contributed by atoms with Crippen molar-refractivity contribution in [3.05, 3.63) is 21.5 Å². The van der Waals surface area contributed by atoms with Crippen molar-refractivity contribution in [2.24, 2.45) is 7.05 Å². The number of rotatable bonds is 2. The maximum Gasteiger partial charge on any atom is 0.322 e. The molecule has 2 heterocycles. The van der Waals surface area contributed by atoms with Crippen molar-refractivity contribution in [3.8, 4) is 0 Å². The second-order valence-electron chi connectivity index (χ2n) is 5.50. The first kappa shape index (κ1) is 14.5. The molecule has 1 aromatic heterocycles. The van der Waals surface area contributed by atoms with Gasteiger partial charge in [0.15, 0.2) is 0 Å². The van der Waals surface area contributed by atoms with Crippen LogP contribution >= 0.6 is 0 Å². The SMILES string of the molecule is Cc1c([N+](=O)[O-])c(C(=O)N2[C@@H](C)CCC[C@@H]2C)nn1C. The minimum absolute atomic E-state index is 0.0457. The zero-order valence-electron chi connectivity index (χ0n) is 12.3. The van der Waals surface area contributed by atoms with Gasteiger partial charge in [-0.1, -0.05) is 0 Å². The van der Waals surface area contributed by atoms with Gasteiger partial charge in [0.2, 0.25) is 5.69 Å². The van der Waals surface area contributed by atoms with Gasteiger partial charge in [0.05, 0.1) is 4.92 Å². The molecular formula is C13H20N4O3. The van der Waals surface area contributed by atoms with Crippen LogP contribution in [-0.2, 0) is 7.05 Å². The molecular weight excluding hydrogens is 260 g/mol. The molecule has 1 saturated heterocycles. The summed E-state index contributed by atoms with van der Waals surface area (Å²) in [5.41, 5.74) is 0.175. The van der Waals surface area contributed by atoms with Crippen molar-refractivity contribution in [2.75, 3.05) is 0 Å². The molecule has 7 nitrogen and oxygen atoms in total. The molecule has 0 aromatic carbocycles. The Hall–Kier alpha value is -1.92.